The lowest BCUT2D eigenvalue weighted by Crippen LogP contribution is -2.44. The van der Waals surface area contributed by atoms with Crippen LogP contribution in [0.3, 0.4) is 0 Å². The number of piperidine rings is 1. The zero-order valence-electron chi connectivity index (χ0n) is 8.83. The van der Waals surface area contributed by atoms with Gasteiger partial charge in [-0.1, -0.05) is 11.6 Å². The van der Waals surface area contributed by atoms with Crippen LogP contribution in [0.25, 0.3) is 0 Å². The van der Waals surface area contributed by atoms with Crippen LogP contribution in [0.4, 0.5) is 5.69 Å². The first-order chi connectivity index (χ1) is 7.27. The topological polar surface area (TPSA) is 15.3 Å². The number of rotatable bonds is 0. The molecule has 2 aliphatic rings. The Balaban J connectivity index is 2.07. The molecule has 2 atom stereocenters. The summed E-state index contributed by atoms with van der Waals surface area (Å²) < 4.78 is 0. The average Bonchev–Trinajstić information content (AvgIpc) is 2.54. The number of nitrogens with zero attached hydrogens (tertiary/aromatic N) is 1. The summed E-state index contributed by atoms with van der Waals surface area (Å²) in [4.78, 5) is 2.39. The molecule has 15 heavy (non-hydrogen) atoms. The van der Waals surface area contributed by atoms with Crippen molar-refractivity contribution in [2.24, 2.45) is 0 Å². The number of benzene rings is 1. The lowest BCUT2D eigenvalue weighted by molar-refractivity contribution is 0.413. The number of nitrogens with one attached hydrogen (secondary N) is 1. The molecule has 0 spiro atoms. The van der Waals surface area contributed by atoms with E-state index in [1.165, 1.54) is 17.7 Å². The lowest BCUT2D eigenvalue weighted by atomic mass is 9.89. The lowest BCUT2D eigenvalue weighted by Gasteiger charge is -2.31. The standard InChI is InChI=1S/C12H15ClN2/c1-15-11-3-2-8(13)6-10(11)9-4-5-14-7-12(9)15/h2-3,6,9,12,14H,4-5,7H2,1H3. The van der Waals surface area contributed by atoms with Gasteiger partial charge in [0.05, 0.1) is 0 Å². The molecule has 0 saturated carbocycles. The molecule has 0 bridgehead atoms. The van der Waals surface area contributed by atoms with Crippen LogP contribution < -0.4 is 10.2 Å². The summed E-state index contributed by atoms with van der Waals surface area (Å²) in [6, 6.07) is 6.90. The number of likely N-dealkylation sites (N-methyl/N-ethyl adjacent to an activating group) is 1. The summed E-state index contributed by atoms with van der Waals surface area (Å²) in [6.45, 7) is 2.22. The largest absolute Gasteiger partial charge is 0.369 e. The highest BCUT2D eigenvalue weighted by molar-refractivity contribution is 6.30. The first-order valence-corrected chi connectivity index (χ1v) is 5.88. The van der Waals surface area contributed by atoms with Gasteiger partial charge in [0, 0.05) is 36.3 Å². The Morgan fingerprint density at radius 1 is 1.47 bits per heavy atom. The first kappa shape index (κ1) is 9.49. The van der Waals surface area contributed by atoms with Gasteiger partial charge in [0.2, 0.25) is 0 Å². The number of halogens is 1. The number of anilines is 1. The van der Waals surface area contributed by atoms with Crippen molar-refractivity contribution < 1.29 is 0 Å². The predicted molar refractivity (Wildman–Crippen MR) is 63.9 cm³/mol. The quantitative estimate of drug-likeness (QED) is 0.724. The van der Waals surface area contributed by atoms with Crippen LogP contribution in [0.2, 0.25) is 5.02 Å². The van der Waals surface area contributed by atoms with Crippen LogP contribution in [0.15, 0.2) is 18.2 Å². The predicted octanol–water partition coefficient (Wildman–Crippen LogP) is 2.24. The van der Waals surface area contributed by atoms with Crippen LogP contribution in [-0.2, 0) is 0 Å². The average molecular weight is 223 g/mol. The van der Waals surface area contributed by atoms with Gasteiger partial charge in [-0.15, -0.1) is 0 Å². The van der Waals surface area contributed by atoms with Crippen LogP contribution in [-0.4, -0.2) is 26.2 Å². The molecular weight excluding hydrogens is 208 g/mol. The van der Waals surface area contributed by atoms with Crippen molar-refractivity contribution >= 4 is 17.3 Å². The second-order valence-corrected chi connectivity index (χ2v) is 4.92. The van der Waals surface area contributed by atoms with Gasteiger partial charge in [0.1, 0.15) is 0 Å². The van der Waals surface area contributed by atoms with Gasteiger partial charge >= 0.3 is 0 Å². The molecule has 3 rings (SSSR count). The Bertz CT molecular complexity index is 391. The van der Waals surface area contributed by atoms with Gasteiger partial charge in [-0.05, 0) is 36.7 Å². The maximum Gasteiger partial charge on any atom is 0.0481 e. The maximum atomic E-state index is 6.07. The molecular formula is C12H15ClN2. The van der Waals surface area contributed by atoms with Crippen molar-refractivity contribution in [3.8, 4) is 0 Å². The molecule has 80 valence electrons. The van der Waals surface area contributed by atoms with E-state index in [2.05, 4.69) is 29.4 Å². The molecule has 0 aliphatic carbocycles. The summed E-state index contributed by atoms with van der Waals surface area (Å²) in [7, 11) is 2.18. The third kappa shape index (κ3) is 1.35. The van der Waals surface area contributed by atoms with E-state index < -0.39 is 0 Å². The van der Waals surface area contributed by atoms with E-state index in [9.17, 15) is 0 Å². The van der Waals surface area contributed by atoms with Crippen LogP contribution in [0.5, 0.6) is 0 Å². The summed E-state index contributed by atoms with van der Waals surface area (Å²) in [5.41, 5.74) is 2.80. The molecule has 1 aromatic rings. The fourth-order valence-electron chi connectivity index (χ4n) is 2.93. The van der Waals surface area contributed by atoms with Crippen molar-refractivity contribution in [1.82, 2.24) is 5.32 Å². The van der Waals surface area contributed by atoms with Gasteiger partial charge in [-0.2, -0.15) is 0 Å². The smallest absolute Gasteiger partial charge is 0.0481 e. The van der Waals surface area contributed by atoms with Crippen molar-refractivity contribution in [2.45, 2.75) is 18.4 Å². The molecule has 0 amide bonds. The number of fused-ring (bicyclic) bond motifs is 3. The van der Waals surface area contributed by atoms with E-state index in [0.717, 1.165) is 18.1 Å². The van der Waals surface area contributed by atoms with E-state index in [0.29, 0.717) is 12.0 Å². The molecule has 1 aromatic carbocycles. The molecule has 1 fully saturated rings. The minimum Gasteiger partial charge on any atom is -0.369 e. The maximum absolute atomic E-state index is 6.07. The zero-order valence-corrected chi connectivity index (χ0v) is 9.59. The Morgan fingerprint density at radius 2 is 2.33 bits per heavy atom. The minimum atomic E-state index is 0.618. The van der Waals surface area contributed by atoms with Crippen LogP contribution in [0, 0.1) is 0 Å². The Labute approximate surface area is 95.2 Å². The second-order valence-electron chi connectivity index (χ2n) is 4.48. The molecule has 1 saturated heterocycles. The highest BCUT2D eigenvalue weighted by atomic mass is 35.5. The van der Waals surface area contributed by atoms with Crippen molar-refractivity contribution in [1.29, 1.82) is 0 Å². The molecule has 2 heterocycles. The van der Waals surface area contributed by atoms with Crippen molar-refractivity contribution in [3.63, 3.8) is 0 Å². The molecule has 3 heteroatoms. The number of hydrogen-bond acceptors (Lipinski definition) is 2. The highest BCUT2D eigenvalue weighted by Gasteiger charge is 2.37. The molecule has 0 aromatic heterocycles. The minimum absolute atomic E-state index is 0.618. The number of hydrogen-bond donors (Lipinski definition) is 1. The monoisotopic (exact) mass is 222 g/mol. The SMILES string of the molecule is CN1c2ccc(Cl)cc2C2CCNCC21. The zero-order chi connectivity index (χ0) is 10.4. The third-order valence-corrected chi connectivity index (χ3v) is 3.95. The van der Waals surface area contributed by atoms with Crippen molar-refractivity contribution in [2.75, 3.05) is 25.0 Å². The molecule has 2 unspecified atom stereocenters. The van der Waals surface area contributed by atoms with E-state index in [1.54, 1.807) is 0 Å². The van der Waals surface area contributed by atoms with Gasteiger partial charge in [-0.25, -0.2) is 0 Å². The molecule has 2 nitrogen and oxygen atoms in total. The van der Waals surface area contributed by atoms with Crippen LogP contribution in [0.1, 0.15) is 17.9 Å². The first-order valence-electron chi connectivity index (χ1n) is 5.50. The Hall–Kier alpha value is -0.730. The molecule has 2 aliphatic heterocycles. The summed E-state index contributed by atoms with van der Waals surface area (Å²) in [5, 5.41) is 4.32. The van der Waals surface area contributed by atoms with E-state index >= 15 is 0 Å². The fraction of sp³-hybridized carbons (Fsp3) is 0.500. The normalized spacial score (nSPS) is 28.8. The van der Waals surface area contributed by atoms with E-state index in [1.807, 2.05) is 6.07 Å². The molecule has 0 radical (unpaired) electrons. The summed E-state index contributed by atoms with van der Waals surface area (Å²) in [5.74, 6) is 0.671. The Kier molecular flexibility index (Phi) is 2.15. The van der Waals surface area contributed by atoms with Gasteiger partial charge < -0.3 is 10.2 Å². The van der Waals surface area contributed by atoms with E-state index in [4.69, 9.17) is 11.6 Å². The second kappa shape index (κ2) is 3.39. The van der Waals surface area contributed by atoms with Crippen molar-refractivity contribution in [3.05, 3.63) is 28.8 Å². The third-order valence-electron chi connectivity index (χ3n) is 3.72. The van der Waals surface area contributed by atoms with Gasteiger partial charge in [0.25, 0.3) is 0 Å². The summed E-state index contributed by atoms with van der Waals surface area (Å²) in [6.07, 6.45) is 1.22. The van der Waals surface area contributed by atoms with Gasteiger partial charge in [-0.3, -0.25) is 0 Å². The fourth-order valence-corrected chi connectivity index (χ4v) is 3.11. The van der Waals surface area contributed by atoms with E-state index in [-0.39, 0.29) is 0 Å². The van der Waals surface area contributed by atoms with Crippen LogP contribution >= 0.6 is 11.6 Å². The highest BCUT2D eigenvalue weighted by Crippen LogP contribution is 2.43. The Morgan fingerprint density at radius 3 is 3.20 bits per heavy atom. The summed E-state index contributed by atoms with van der Waals surface area (Å²) >= 11 is 6.07. The van der Waals surface area contributed by atoms with Gasteiger partial charge in [0.15, 0.2) is 0 Å². The molecule has 1 N–H and O–H groups in total.